The highest BCUT2D eigenvalue weighted by molar-refractivity contribution is 5.93. The molecule has 0 spiro atoms. The number of halogens is 1. The summed E-state index contributed by atoms with van der Waals surface area (Å²) in [6.45, 7) is 1.96. The largest absolute Gasteiger partial charge is 0.352 e. The first kappa shape index (κ1) is 19.1. The van der Waals surface area contributed by atoms with Crippen LogP contribution in [0, 0.1) is 24.1 Å². The van der Waals surface area contributed by atoms with Crippen molar-refractivity contribution >= 4 is 5.91 Å². The lowest BCUT2D eigenvalue weighted by Crippen LogP contribution is -2.34. The van der Waals surface area contributed by atoms with E-state index in [0.717, 1.165) is 0 Å². The van der Waals surface area contributed by atoms with Crippen LogP contribution in [-0.4, -0.2) is 17.0 Å². The van der Waals surface area contributed by atoms with Crippen LogP contribution in [-0.2, 0) is 6.42 Å². The van der Waals surface area contributed by atoms with Gasteiger partial charge in [-0.05, 0) is 55.3 Å². The number of rotatable bonds is 5. The molecule has 1 N–H and O–H groups in total. The van der Waals surface area contributed by atoms with Crippen LogP contribution in [0.4, 0.5) is 4.39 Å². The Balaban J connectivity index is 1.83. The molecule has 6 heteroatoms. The van der Waals surface area contributed by atoms with Crippen molar-refractivity contribution in [2.75, 3.05) is 6.54 Å². The molecule has 1 amide bonds. The van der Waals surface area contributed by atoms with Gasteiger partial charge in [0.25, 0.3) is 11.5 Å². The van der Waals surface area contributed by atoms with E-state index in [0.29, 0.717) is 28.9 Å². The Morgan fingerprint density at radius 3 is 2.68 bits per heavy atom. The standard InChI is InChI=1S/C22H18FN3O2/c1-15-9-10-19(21(27)25-12-11-17-6-2-3-8-20(17)23)22(28)26(15)18-7-4-5-16(13-18)14-24/h2-10,13H,11-12H2,1H3,(H,25,27). The van der Waals surface area contributed by atoms with Crippen LogP contribution in [0.5, 0.6) is 0 Å². The summed E-state index contributed by atoms with van der Waals surface area (Å²) in [5.41, 5.74) is 1.59. The molecule has 0 saturated carbocycles. The van der Waals surface area contributed by atoms with E-state index in [1.54, 1.807) is 55.5 Å². The number of nitriles is 1. The molecule has 0 bridgehead atoms. The fourth-order valence-corrected chi connectivity index (χ4v) is 2.95. The monoisotopic (exact) mass is 375 g/mol. The summed E-state index contributed by atoms with van der Waals surface area (Å²) >= 11 is 0. The molecule has 2 aromatic carbocycles. The highest BCUT2D eigenvalue weighted by Gasteiger charge is 2.15. The Hall–Kier alpha value is -3.72. The normalized spacial score (nSPS) is 10.3. The molecule has 0 unspecified atom stereocenters. The van der Waals surface area contributed by atoms with Gasteiger partial charge in [0, 0.05) is 12.2 Å². The summed E-state index contributed by atoms with van der Waals surface area (Å²) < 4.78 is 15.1. The molecule has 0 aliphatic carbocycles. The summed E-state index contributed by atoms with van der Waals surface area (Å²) in [5, 5.41) is 11.7. The minimum Gasteiger partial charge on any atom is -0.352 e. The maximum atomic E-state index is 13.7. The first-order valence-electron chi connectivity index (χ1n) is 8.76. The third-order valence-electron chi connectivity index (χ3n) is 4.39. The first-order valence-corrected chi connectivity index (χ1v) is 8.76. The number of nitrogens with one attached hydrogen (secondary N) is 1. The molecule has 0 radical (unpaired) electrons. The van der Waals surface area contributed by atoms with Gasteiger partial charge in [-0.1, -0.05) is 24.3 Å². The molecular formula is C22H18FN3O2. The van der Waals surface area contributed by atoms with E-state index in [1.165, 1.54) is 16.7 Å². The summed E-state index contributed by atoms with van der Waals surface area (Å²) in [4.78, 5) is 25.4. The molecule has 28 heavy (non-hydrogen) atoms. The smallest absolute Gasteiger partial charge is 0.268 e. The van der Waals surface area contributed by atoms with E-state index in [1.807, 2.05) is 6.07 Å². The second-order valence-corrected chi connectivity index (χ2v) is 6.29. The van der Waals surface area contributed by atoms with Crippen molar-refractivity contribution in [1.29, 1.82) is 5.26 Å². The summed E-state index contributed by atoms with van der Waals surface area (Å²) in [6.07, 6.45) is 0.322. The van der Waals surface area contributed by atoms with Gasteiger partial charge in [-0.3, -0.25) is 14.2 Å². The molecule has 140 valence electrons. The average Bonchev–Trinajstić information content (AvgIpc) is 2.69. The van der Waals surface area contributed by atoms with E-state index >= 15 is 0 Å². The highest BCUT2D eigenvalue weighted by atomic mass is 19.1. The quantitative estimate of drug-likeness (QED) is 0.744. The van der Waals surface area contributed by atoms with Gasteiger partial charge in [0.05, 0.1) is 17.3 Å². The number of nitrogens with zero attached hydrogens (tertiary/aromatic N) is 2. The molecule has 0 fully saturated rings. The van der Waals surface area contributed by atoms with Crippen LogP contribution < -0.4 is 10.9 Å². The Bertz CT molecular complexity index is 1130. The summed E-state index contributed by atoms with van der Waals surface area (Å²) in [5.74, 6) is -0.849. The van der Waals surface area contributed by atoms with Gasteiger partial charge in [-0.25, -0.2) is 4.39 Å². The van der Waals surface area contributed by atoms with Gasteiger partial charge in [-0.15, -0.1) is 0 Å². The zero-order valence-electron chi connectivity index (χ0n) is 15.3. The fourth-order valence-electron chi connectivity index (χ4n) is 2.95. The maximum Gasteiger partial charge on any atom is 0.268 e. The number of pyridine rings is 1. The molecule has 0 aliphatic rings. The molecule has 5 nitrogen and oxygen atoms in total. The van der Waals surface area contributed by atoms with Crippen LogP contribution in [0.1, 0.15) is 27.2 Å². The van der Waals surface area contributed by atoms with Gasteiger partial charge in [0.2, 0.25) is 0 Å². The molecule has 3 aromatic rings. The Morgan fingerprint density at radius 1 is 1.14 bits per heavy atom. The van der Waals surface area contributed by atoms with Crippen LogP contribution in [0.2, 0.25) is 0 Å². The molecular weight excluding hydrogens is 357 g/mol. The number of aryl methyl sites for hydroxylation is 1. The molecule has 3 rings (SSSR count). The minimum atomic E-state index is -0.522. The van der Waals surface area contributed by atoms with Crippen molar-refractivity contribution < 1.29 is 9.18 Å². The van der Waals surface area contributed by atoms with Crippen molar-refractivity contribution in [2.45, 2.75) is 13.3 Å². The molecule has 1 aromatic heterocycles. The second-order valence-electron chi connectivity index (χ2n) is 6.29. The topological polar surface area (TPSA) is 74.9 Å². The van der Waals surface area contributed by atoms with Gasteiger partial charge in [0.15, 0.2) is 0 Å². The number of aromatic nitrogens is 1. The second kappa shape index (κ2) is 8.31. The number of carbonyl (C=O) groups is 1. The van der Waals surface area contributed by atoms with Crippen molar-refractivity contribution in [1.82, 2.24) is 9.88 Å². The number of amides is 1. The first-order chi connectivity index (χ1) is 13.5. The molecule has 0 aliphatic heterocycles. The summed E-state index contributed by atoms with van der Waals surface area (Å²) in [6, 6.07) is 18.2. The zero-order chi connectivity index (χ0) is 20.1. The van der Waals surface area contributed by atoms with Gasteiger partial charge < -0.3 is 5.32 Å². The van der Waals surface area contributed by atoms with Crippen LogP contribution in [0.3, 0.4) is 0 Å². The Kier molecular flexibility index (Phi) is 5.66. The minimum absolute atomic E-state index is 0.0125. The number of benzene rings is 2. The lowest BCUT2D eigenvalue weighted by molar-refractivity contribution is 0.0952. The molecule has 0 saturated heterocycles. The lowest BCUT2D eigenvalue weighted by atomic mass is 10.1. The van der Waals surface area contributed by atoms with Gasteiger partial charge in [0.1, 0.15) is 11.4 Å². The maximum absolute atomic E-state index is 13.7. The van der Waals surface area contributed by atoms with E-state index in [9.17, 15) is 14.0 Å². The van der Waals surface area contributed by atoms with Crippen molar-refractivity contribution in [2.24, 2.45) is 0 Å². The van der Waals surface area contributed by atoms with Crippen LogP contribution in [0.25, 0.3) is 5.69 Å². The predicted molar refractivity (Wildman–Crippen MR) is 104 cm³/mol. The SMILES string of the molecule is Cc1ccc(C(=O)NCCc2ccccc2F)c(=O)n1-c1cccc(C#N)c1. The van der Waals surface area contributed by atoms with Gasteiger partial charge in [-0.2, -0.15) is 5.26 Å². The molecule has 1 heterocycles. The zero-order valence-corrected chi connectivity index (χ0v) is 15.3. The third-order valence-corrected chi connectivity index (χ3v) is 4.39. The van der Waals surface area contributed by atoms with Crippen molar-refractivity contribution in [3.8, 4) is 11.8 Å². The predicted octanol–water partition coefficient (Wildman–Crippen LogP) is 3.13. The van der Waals surface area contributed by atoms with E-state index < -0.39 is 11.5 Å². The number of hydrogen-bond donors (Lipinski definition) is 1. The van der Waals surface area contributed by atoms with E-state index in [-0.39, 0.29) is 17.9 Å². The number of carbonyl (C=O) groups excluding carboxylic acids is 1. The lowest BCUT2D eigenvalue weighted by Gasteiger charge is -2.12. The Morgan fingerprint density at radius 2 is 1.93 bits per heavy atom. The highest BCUT2D eigenvalue weighted by Crippen LogP contribution is 2.12. The van der Waals surface area contributed by atoms with Crippen molar-refractivity contribution in [3.05, 3.63) is 99.2 Å². The fraction of sp³-hybridized carbons (Fsp3) is 0.136. The Labute approximate surface area is 161 Å². The van der Waals surface area contributed by atoms with Crippen molar-refractivity contribution in [3.63, 3.8) is 0 Å². The summed E-state index contributed by atoms with van der Waals surface area (Å²) in [7, 11) is 0. The van der Waals surface area contributed by atoms with Crippen LogP contribution in [0.15, 0.2) is 65.5 Å². The van der Waals surface area contributed by atoms with E-state index in [2.05, 4.69) is 5.32 Å². The number of hydrogen-bond acceptors (Lipinski definition) is 3. The third kappa shape index (κ3) is 3.99. The van der Waals surface area contributed by atoms with Crippen LogP contribution >= 0.6 is 0 Å². The van der Waals surface area contributed by atoms with E-state index in [4.69, 9.17) is 5.26 Å². The average molecular weight is 375 g/mol. The molecule has 0 atom stereocenters. The van der Waals surface area contributed by atoms with Gasteiger partial charge >= 0.3 is 0 Å².